The van der Waals surface area contributed by atoms with Gasteiger partial charge in [0.15, 0.2) is 5.60 Å². The number of aromatic nitrogens is 1. The number of nitrogens with zero attached hydrogens (tertiary/aromatic N) is 1. The fourth-order valence-corrected chi connectivity index (χ4v) is 5.20. The number of carbonyl (C=O) groups is 5. The second-order valence-corrected chi connectivity index (χ2v) is 10.9. The number of rotatable bonds is 10. The first-order valence-electron chi connectivity index (χ1n) is 13.6. The van der Waals surface area contributed by atoms with E-state index in [1.54, 1.807) is 12.1 Å². The zero-order chi connectivity index (χ0) is 30.7. The predicted octanol–water partition coefficient (Wildman–Crippen LogP) is 0.570. The van der Waals surface area contributed by atoms with Gasteiger partial charge < -0.3 is 34.4 Å². The molecule has 2 bridgehead atoms. The third-order valence-corrected chi connectivity index (χ3v) is 7.11. The molecular weight excluding hydrogens is 549 g/mol. The van der Waals surface area contributed by atoms with E-state index in [9.17, 15) is 29.1 Å². The van der Waals surface area contributed by atoms with Crippen molar-refractivity contribution in [3.63, 3.8) is 0 Å². The van der Waals surface area contributed by atoms with Gasteiger partial charge in [0.1, 0.15) is 18.2 Å². The number of methoxy groups -OCH3 is 1. The van der Waals surface area contributed by atoms with Crippen LogP contribution in [0.25, 0.3) is 11.3 Å². The first-order chi connectivity index (χ1) is 19.9. The molecule has 2 amide bonds. The minimum absolute atomic E-state index is 0.0108. The highest BCUT2D eigenvalue weighted by molar-refractivity contribution is 6.66. The molecule has 2 aliphatic rings. The number of aliphatic hydroxyl groups excluding tert-OH is 1. The molecular formula is C28H34BN3O10. The first kappa shape index (κ1) is 30.7. The molecule has 0 aliphatic carbocycles. The Morgan fingerprint density at radius 1 is 1.07 bits per heavy atom. The third-order valence-electron chi connectivity index (χ3n) is 7.11. The van der Waals surface area contributed by atoms with Crippen molar-refractivity contribution in [1.82, 2.24) is 15.6 Å². The maximum absolute atomic E-state index is 13.6. The van der Waals surface area contributed by atoms with E-state index in [2.05, 4.69) is 20.3 Å². The van der Waals surface area contributed by atoms with Crippen LogP contribution < -0.4 is 10.6 Å². The number of fused-ring (bicyclic) bond motifs is 2. The van der Waals surface area contributed by atoms with Gasteiger partial charge in [-0.15, -0.1) is 0 Å². The van der Waals surface area contributed by atoms with Crippen LogP contribution >= 0.6 is 0 Å². The van der Waals surface area contributed by atoms with Crippen LogP contribution in [0.3, 0.4) is 0 Å². The lowest BCUT2D eigenvalue weighted by Gasteiger charge is -2.55. The molecule has 1 aromatic carbocycles. The zero-order valence-electron chi connectivity index (χ0n) is 23.7. The van der Waals surface area contributed by atoms with E-state index >= 15 is 0 Å². The Balaban J connectivity index is 1.59. The van der Waals surface area contributed by atoms with Crippen LogP contribution in [0.15, 0.2) is 48.5 Å². The lowest BCUT2D eigenvalue weighted by molar-refractivity contribution is -0.209. The fourth-order valence-electron chi connectivity index (χ4n) is 5.20. The maximum Gasteiger partial charge on any atom is 0.594 e. The lowest BCUT2D eigenvalue weighted by atomic mass is 9.61. The van der Waals surface area contributed by atoms with Crippen molar-refractivity contribution in [2.75, 3.05) is 7.11 Å². The summed E-state index contributed by atoms with van der Waals surface area (Å²) in [6, 6.07) is 12.6. The highest BCUT2D eigenvalue weighted by Gasteiger charge is 2.66. The summed E-state index contributed by atoms with van der Waals surface area (Å²) in [5, 5.41) is 15.6. The van der Waals surface area contributed by atoms with Crippen LogP contribution in [-0.2, 0) is 33.2 Å². The molecule has 4 rings (SSSR count). The van der Waals surface area contributed by atoms with Gasteiger partial charge in [-0.2, -0.15) is 0 Å². The average Bonchev–Trinajstić information content (AvgIpc) is 2.94. The largest absolute Gasteiger partial charge is 0.717 e. The molecule has 0 saturated carbocycles. The molecule has 2 aliphatic heterocycles. The van der Waals surface area contributed by atoms with Gasteiger partial charge in [0.05, 0.1) is 25.3 Å². The molecule has 0 spiro atoms. The number of hydrogen-bond donors (Lipinski definition) is 3. The highest BCUT2D eigenvalue weighted by Crippen LogP contribution is 2.39. The van der Waals surface area contributed by atoms with Crippen molar-refractivity contribution in [1.29, 1.82) is 0 Å². The summed E-state index contributed by atoms with van der Waals surface area (Å²) in [4.78, 5) is 69.1. The number of hydrogen-bond acceptors (Lipinski definition) is 10. The molecule has 2 fully saturated rings. The summed E-state index contributed by atoms with van der Waals surface area (Å²) >= 11 is 0. The van der Waals surface area contributed by atoms with Crippen molar-refractivity contribution in [2.45, 2.75) is 63.7 Å². The van der Waals surface area contributed by atoms with Gasteiger partial charge in [-0.3, -0.25) is 14.4 Å². The molecule has 42 heavy (non-hydrogen) atoms. The minimum Gasteiger partial charge on any atom is -0.717 e. The predicted molar refractivity (Wildman–Crippen MR) is 148 cm³/mol. The number of aliphatic carboxylic acids is 1. The summed E-state index contributed by atoms with van der Waals surface area (Å²) in [5.74, 6) is -5.49. The number of amides is 2. The van der Waals surface area contributed by atoms with Crippen LogP contribution in [0.1, 0.15) is 50.5 Å². The summed E-state index contributed by atoms with van der Waals surface area (Å²) < 4.78 is 20.3. The van der Waals surface area contributed by atoms with E-state index in [-0.39, 0.29) is 18.0 Å². The Hall–Kier alpha value is -4.30. The van der Waals surface area contributed by atoms with Crippen LogP contribution in [-0.4, -0.2) is 82.0 Å². The Morgan fingerprint density at radius 2 is 1.79 bits per heavy atom. The van der Waals surface area contributed by atoms with Gasteiger partial charge in [0.2, 0.25) is 5.91 Å². The number of ether oxygens (including phenoxy) is 1. The molecule has 3 heterocycles. The molecule has 4 N–H and O–H groups in total. The van der Waals surface area contributed by atoms with Crippen LogP contribution in [0.5, 0.6) is 0 Å². The SMILES string of the molecule is COC(=O)[C@@]12CC(=O)O[B-]([C@H](CC(C)C)NC(=O)[C@@H](NC(=O)c3cccc(-c4ccccc4)n3)[C@@H](C)O)(O1)[OH+]C(=O)C2. The van der Waals surface area contributed by atoms with Gasteiger partial charge in [-0.05, 0) is 25.0 Å². The molecule has 1 aromatic heterocycles. The van der Waals surface area contributed by atoms with Gasteiger partial charge >= 0.3 is 18.7 Å². The summed E-state index contributed by atoms with van der Waals surface area (Å²) in [5.41, 5.74) is -0.618. The average molecular weight is 583 g/mol. The standard InChI is InChI=1S/C28H34BN3O10/c1-16(2)13-21(29-40-22(34)14-28(42-29,27(38)39-4)15-23(35)41-29)31-26(37)24(17(3)33)32-25(36)20-12-8-11-19(30-20)18-9-6-5-7-10-18/h5-12,16-17,21,24,33,40H,13-15H2,1-4H3,(H,31,37)(H,32,36)/t17-,21+,24+,28-,29?/m1/s1. The topological polar surface area (TPSA) is 183 Å². The Kier molecular flexibility index (Phi) is 8.97. The second kappa shape index (κ2) is 12.3. The normalized spacial score (nSPS) is 23.6. The van der Waals surface area contributed by atoms with E-state index < -0.39 is 73.0 Å². The number of aliphatic hydroxyl groups is 1. The van der Waals surface area contributed by atoms with E-state index in [0.717, 1.165) is 12.7 Å². The summed E-state index contributed by atoms with van der Waals surface area (Å²) in [6.07, 6.45) is -2.35. The van der Waals surface area contributed by atoms with Gasteiger partial charge in [-0.1, -0.05) is 56.7 Å². The molecule has 224 valence electrons. The first-order valence-corrected chi connectivity index (χ1v) is 13.6. The molecule has 14 heteroatoms. The van der Waals surface area contributed by atoms with E-state index in [1.165, 1.54) is 13.0 Å². The molecule has 2 aromatic rings. The molecule has 5 atom stereocenters. The zero-order valence-corrected chi connectivity index (χ0v) is 23.7. The van der Waals surface area contributed by atoms with Gasteiger partial charge in [0.25, 0.3) is 11.9 Å². The van der Waals surface area contributed by atoms with Crippen LogP contribution in [0.4, 0.5) is 0 Å². The Bertz CT molecular complexity index is 1350. The number of carboxylic acids is 1. The number of esters is 1. The fraction of sp³-hybridized carbons (Fsp3) is 0.429. The lowest BCUT2D eigenvalue weighted by Crippen LogP contribution is -2.77. The molecule has 13 nitrogen and oxygen atoms in total. The monoisotopic (exact) mass is 583 g/mol. The minimum atomic E-state index is -3.24. The number of benzene rings is 1. The molecule has 1 unspecified atom stereocenters. The third kappa shape index (κ3) is 6.44. The summed E-state index contributed by atoms with van der Waals surface area (Å²) in [7, 11) is 1.10. The van der Waals surface area contributed by atoms with E-state index in [4.69, 9.17) is 14.0 Å². The smallest absolute Gasteiger partial charge is 0.594 e. The Morgan fingerprint density at radius 3 is 2.43 bits per heavy atom. The molecule has 0 radical (unpaired) electrons. The quantitative estimate of drug-likeness (QED) is 0.203. The van der Waals surface area contributed by atoms with E-state index in [1.807, 2.05) is 44.2 Å². The Labute approximate surface area is 242 Å². The van der Waals surface area contributed by atoms with Crippen molar-refractivity contribution in [3.8, 4) is 11.3 Å². The number of nitrogens with one attached hydrogen (secondary N) is 2. The second-order valence-electron chi connectivity index (χ2n) is 10.9. The number of carbonyl (C=O) groups excluding carboxylic acids is 4. The van der Waals surface area contributed by atoms with Gasteiger partial charge in [0, 0.05) is 16.3 Å². The van der Waals surface area contributed by atoms with Crippen molar-refractivity contribution in [3.05, 3.63) is 54.2 Å². The maximum atomic E-state index is 13.6. The van der Waals surface area contributed by atoms with Crippen LogP contribution in [0, 0.1) is 5.92 Å². The van der Waals surface area contributed by atoms with Crippen molar-refractivity contribution < 1.29 is 47.8 Å². The number of pyridine rings is 1. The van der Waals surface area contributed by atoms with Crippen molar-refractivity contribution in [2.24, 2.45) is 5.92 Å². The van der Waals surface area contributed by atoms with Crippen molar-refractivity contribution >= 4 is 36.5 Å². The molecule has 2 saturated heterocycles. The highest BCUT2D eigenvalue weighted by atomic mass is 16.8. The summed E-state index contributed by atoms with van der Waals surface area (Å²) in [6.45, 7) is 1.70. The van der Waals surface area contributed by atoms with Gasteiger partial charge in [-0.25, -0.2) is 9.78 Å². The van der Waals surface area contributed by atoms with Crippen LogP contribution in [0.2, 0.25) is 0 Å². The van der Waals surface area contributed by atoms with E-state index in [0.29, 0.717) is 5.69 Å².